The normalized spacial score (nSPS) is 13.0. The summed E-state index contributed by atoms with van der Waals surface area (Å²) in [6, 6.07) is 0. The smallest absolute Gasteiger partial charge is 0.207 e. The van der Waals surface area contributed by atoms with Gasteiger partial charge in [-0.15, -0.1) is 21.5 Å². The van der Waals surface area contributed by atoms with Crippen LogP contribution >= 0.6 is 11.3 Å². The molecule has 86 valence electrons. The van der Waals surface area contributed by atoms with Crippen LogP contribution in [0, 0.1) is 0 Å². The Bertz CT molecular complexity index is 400. The number of halogens is 3. The summed E-state index contributed by atoms with van der Waals surface area (Å²) in [5.74, 6) is 0. The van der Waals surface area contributed by atoms with Gasteiger partial charge in [0.25, 0.3) is 0 Å². The highest BCUT2D eigenvalue weighted by atomic mass is 32.2. The SMILES string of the molecule is O=S(=O)(NCCc1nncs1)C(F)(F)F. The minimum atomic E-state index is -5.27. The van der Waals surface area contributed by atoms with E-state index in [4.69, 9.17) is 0 Å². The average Bonchev–Trinajstić information content (AvgIpc) is 2.54. The number of nitrogens with zero attached hydrogens (tertiary/aromatic N) is 2. The van der Waals surface area contributed by atoms with Crippen molar-refractivity contribution in [1.82, 2.24) is 14.9 Å². The highest BCUT2D eigenvalue weighted by Crippen LogP contribution is 2.21. The molecule has 1 aromatic rings. The van der Waals surface area contributed by atoms with Crippen molar-refractivity contribution in [3.8, 4) is 0 Å². The fourth-order valence-electron chi connectivity index (χ4n) is 0.679. The zero-order valence-electron chi connectivity index (χ0n) is 7.15. The van der Waals surface area contributed by atoms with Gasteiger partial charge in [-0.05, 0) is 0 Å². The largest absolute Gasteiger partial charge is 0.511 e. The van der Waals surface area contributed by atoms with Crippen molar-refractivity contribution < 1.29 is 21.6 Å². The van der Waals surface area contributed by atoms with E-state index >= 15 is 0 Å². The third-order valence-corrected chi connectivity index (χ3v) is 3.29. The maximum Gasteiger partial charge on any atom is 0.511 e. The van der Waals surface area contributed by atoms with E-state index < -0.39 is 15.5 Å². The van der Waals surface area contributed by atoms with Gasteiger partial charge in [-0.25, -0.2) is 13.1 Å². The number of aromatic nitrogens is 2. The number of hydrogen-bond donors (Lipinski definition) is 1. The van der Waals surface area contributed by atoms with Gasteiger partial charge in [-0.3, -0.25) is 0 Å². The highest BCUT2D eigenvalue weighted by Gasteiger charge is 2.45. The van der Waals surface area contributed by atoms with Crippen molar-refractivity contribution in [3.05, 3.63) is 10.5 Å². The lowest BCUT2D eigenvalue weighted by Crippen LogP contribution is -2.37. The van der Waals surface area contributed by atoms with Gasteiger partial charge >= 0.3 is 15.5 Å². The van der Waals surface area contributed by atoms with Crippen molar-refractivity contribution in [2.45, 2.75) is 11.9 Å². The molecule has 0 aliphatic carbocycles. The van der Waals surface area contributed by atoms with Crippen molar-refractivity contribution in [2.75, 3.05) is 6.54 Å². The summed E-state index contributed by atoms with van der Waals surface area (Å²) in [4.78, 5) is 0. The van der Waals surface area contributed by atoms with E-state index in [1.807, 2.05) is 0 Å². The lowest BCUT2D eigenvalue weighted by molar-refractivity contribution is -0.0447. The predicted molar refractivity (Wildman–Crippen MR) is 46.6 cm³/mol. The molecule has 1 aromatic heterocycles. The Balaban J connectivity index is 2.45. The number of rotatable bonds is 4. The van der Waals surface area contributed by atoms with Crippen LogP contribution in [0.2, 0.25) is 0 Å². The maximum absolute atomic E-state index is 11.8. The van der Waals surface area contributed by atoms with Crippen molar-refractivity contribution in [2.24, 2.45) is 0 Å². The number of sulfonamides is 1. The van der Waals surface area contributed by atoms with E-state index in [1.54, 1.807) is 0 Å². The van der Waals surface area contributed by atoms with E-state index in [0.29, 0.717) is 5.01 Å². The van der Waals surface area contributed by atoms with Crippen molar-refractivity contribution in [3.63, 3.8) is 0 Å². The monoisotopic (exact) mass is 261 g/mol. The zero-order valence-corrected chi connectivity index (χ0v) is 8.79. The molecule has 0 radical (unpaired) electrons. The molecule has 5 nitrogen and oxygen atoms in total. The quantitative estimate of drug-likeness (QED) is 0.857. The molecule has 0 spiro atoms. The van der Waals surface area contributed by atoms with Gasteiger partial charge in [0.15, 0.2) is 0 Å². The molecule has 0 aromatic carbocycles. The van der Waals surface area contributed by atoms with Crippen LogP contribution in [-0.4, -0.2) is 30.7 Å². The van der Waals surface area contributed by atoms with Gasteiger partial charge in [0.1, 0.15) is 10.5 Å². The van der Waals surface area contributed by atoms with Gasteiger partial charge in [0.2, 0.25) is 0 Å². The lowest BCUT2D eigenvalue weighted by atomic mass is 10.5. The van der Waals surface area contributed by atoms with E-state index in [1.165, 1.54) is 10.2 Å². The van der Waals surface area contributed by atoms with Crippen LogP contribution in [0.15, 0.2) is 5.51 Å². The minimum Gasteiger partial charge on any atom is -0.207 e. The Morgan fingerprint density at radius 1 is 1.47 bits per heavy atom. The molecule has 0 bridgehead atoms. The Hall–Kier alpha value is -0.740. The van der Waals surface area contributed by atoms with E-state index in [-0.39, 0.29) is 13.0 Å². The van der Waals surface area contributed by atoms with Crippen LogP contribution in [0.4, 0.5) is 13.2 Å². The third-order valence-electron chi connectivity index (χ3n) is 1.34. The first-order valence-electron chi connectivity index (χ1n) is 3.64. The van der Waals surface area contributed by atoms with E-state index in [2.05, 4.69) is 10.2 Å². The molecule has 0 atom stereocenters. The van der Waals surface area contributed by atoms with Gasteiger partial charge in [-0.2, -0.15) is 13.2 Å². The summed E-state index contributed by atoms with van der Waals surface area (Å²) in [5, 5.41) is 7.48. The van der Waals surface area contributed by atoms with Crippen LogP contribution in [0.3, 0.4) is 0 Å². The molecular formula is C5H6F3N3O2S2. The molecule has 0 saturated heterocycles. The molecule has 0 fully saturated rings. The Kier molecular flexibility index (Phi) is 3.62. The predicted octanol–water partition coefficient (Wildman–Crippen LogP) is 0.520. The molecule has 1 rings (SSSR count). The molecular weight excluding hydrogens is 255 g/mol. The van der Waals surface area contributed by atoms with Crippen LogP contribution in [0.1, 0.15) is 5.01 Å². The molecule has 15 heavy (non-hydrogen) atoms. The summed E-state index contributed by atoms with van der Waals surface area (Å²) in [5.41, 5.74) is -3.86. The average molecular weight is 261 g/mol. The van der Waals surface area contributed by atoms with Crippen molar-refractivity contribution in [1.29, 1.82) is 0 Å². The van der Waals surface area contributed by atoms with Crippen molar-refractivity contribution >= 4 is 21.4 Å². The van der Waals surface area contributed by atoms with Gasteiger partial charge in [0, 0.05) is 13.0 Å². The molecule has 0 amide bonds. The molecule has 1 heterocycles. The summed E-state index contributed by atoms with van der Waals surface area (Å²) in [6.45, 7) is -0.350. The van der Waals surface area contributed by atoms with E-state index in [9.17, 15) is 21.6 Å². The Morgan fingerprint density at radius 3 is 2.60 bits per heavy atom. The van der Waals surface area contributed by atoms with E-state index in [0.717, 1.165) is 11.3 Å². The standard InChI is InChI=1S/C5H6F3N3O2S2/c6-5(7,8)15(12,13)10-2-1-4-11-9-3-14-4/h3,10H,1-2H2. The topological polar surface area (TPSA) is 72.0 Å². The molecule has 1 N–H and O–H groups in total. The summed E-state index contributed by atoms with van der Waals surface area (Å²) >= 11 is 1.14. The Morgan fingerprint density at radius 2 is 2.13 bits per heavy atom. The van der Waals surface area contributed by atoms with Crippen LogP contribution < -0.4 is 4.72 Å². The number of hydrogen-bond acceptors (Lipinski definition) is 5. The number of nitrogens with one attached hydrogen (secondary N) is 1. The van der Waals surface area contributed by atoms with Crippen LogP contribution in [0.5, 0.6) is 0 Å². The first-order chi connectivity index (χ1) is 6.83. The zero-order chi connectivity index (χ0) is 11.5. The second-order valence-electron chi connectivity index (χ2n) is 2.43. The van der Waals surface area contributed by atoms with Crippen LogP contribution in [-0.2, 0) is 16.4 Å². The van der Waals surface area contributed by atoms with Gasteiger partial charge in [0.05, 0.1) is 0 Å². The van der Waals surface area contributed by atoms with Crippen LogP contribution in [0.25, 0.3) is 0 Å². The molecule has 0 aliphatic heterocycles. The molecule has 10 heteroatoms. The van der Waals surface area contributed by atoms with Gasteiger partial charge < -0.3 is 0 Å². The van der Waals surface area contributed by atoms with Gasteiger partial charge in [-0.1, -0.05) is 0 Å². The maximum atomic E-state index is 11.8. The lowest BCUT2D eigenvalue weighted by Gasteiger charge is -2.07. The third kappa shape index (κ3) is 3.39. The highest BCUT2D eigenvalue weighted by molar-refractivity contribution is 7.90. The first kappa shape index (κ1) is 12.3. The molecule has 0 unspecified atom stereocenters. The summed E-state index contributed by atoms with van der Waals surface area (Å²) in [6.07, 6.45) is 0.0833. The summed E-state index contributed by atoms with van der Waals surface area (Å²) in [7, 11) is -5.24. The fraction of sp³-hybridized carbons (Fsp3) is 0.600. The second kappa shape index (κ2) is 4.41. The second-order valence-corrected chi connectivity index (χ2v) is 5.10. The summed E-state index contributed by atoms with van der Waals surface area (Å²) < 4.78 is 57.9. The minimum absolute atomic E-state index is 0.0833. The first-order valence-corrected chi connectivity index (χ1v) is 6.00. The fourth-order valence-corrected chi connectivity index (χ4v) is 1.74. The molecule has 0 aliphatic rings. The number of alkyl halides is 3. The Labute approximate surface area is 87.4 Å². The molecule has 0 saturated carbocycles.